The van der Waals surface area contributed by atoms with Crippen molar-refractivity contribution in [1.82, 2.24) is 4.90 Å². The average Bonchev–Trinajstić information content (AvgIpc) is 2.82. The highest BCUT2D eigenvalue weighted by molar-refractivity contribution is 6.00. The summed E-state index contributed by atoms with van der Waals surface area (Å²) in [6.07, 6.45) is 0. The number of benzene rings is 2. The van der Waals surface area contributed by atoms with Crippen LogP contribution in [0.5, 0.6) is 5.75 Å². The van der Waals surface area contributed by atoms with Crippen molar-refractivity contribution in [3.8, 4) is 5.75 Å². The van der Waals surface area contributed by atoms with Crippen LogP contribution in [0.15, 0.2) is 36.4 Å². The number of nitrogens with zero attached hydrogens (tertiary/aromatic N) is 1. The van der Waals surface area contributed by atoms with Crippen LogP contribution < -0.4 is 4.74 Å². The molecule has 3 heteroatoms. The zero-order valence-electron chi connectivity index (χ0n) is 12.6. The summed E-state index contributed by atoms with van der Waals surface area (Å²) in [6.45, 7) is 5.42. The van der Waals surface area contributed by atoms with Gasteiger partial charge in [-0.25, -0.2) is 0 Å². The first-order chi connectivity index (χ1) is 10.1. The molecule has 1 heterocycles. The van der Waals surface area contributed by atoms with Gasteiger partial charge in [0, 0.05) is 18.7 Å². The van der Waals surface area contributed by atoms with Crippen molar-refractivity contribution in [3.05, 3.63) is 64.2 Å². The van der Waals surface area contributed by atoms with Crippen molar-refractivity contribution >= 4 is 5.91 Å². The maximum atomic E-state index is 12.6. The van der Waals surface area contributed by atoms with Gasteiger partial charge in [0.1, 0.15) is 5.75 Å². The summed E-state index contributed by atoms with van der Waals surface area (Å²) < 4.78 is 5.16. The summed E-state index contributed by atoms with van der Waals surface area (Å²) in [7, 11) is 1.65. The zero-order chi connectivity index (χ0) is 15.0. The molecule has 2 aromatic rings. The van der Waals surface area contributed by atoms with Gasteiger partial charge in [-0.3, -0.25) is 4.79 Å². The molecule has 0 unspecified atom stereocenters. The monoisotopic (exact) mass is 281 g/mol. The normalized spacial score (nSPS) is 13.5. The van der Waals surface area contributed by atoms with E-state index >= 15 is 0 Å². The van der Waals surface area contributed by atoms with E-state index < -0.39 is 0 Å². The first kappa shape index (κ1) is 13.7. The molecule has 21 heavy (non-hydrogen) atoms. The Balaban J connectivity index is 1.84. The number of carbonyl (C=O) groups excluding carboxylic acids is 1. The fraction of sp³-hybridized carbons (Fsp3) is 0.278. The average molecular weight is 281 g/mol. The molecule has 0 saturated carbocycles. The van der Waals surface area contributed by atoms with Crippen molar-refractivity contribution in [2.75, 3.05) is 7.11 Å². The van der Waals surface area contributed by atoms with Crippen molar-refractivity contribution < 1.29 is 9.53 Å². The molecule has 1 aliphatic heterocycles. The molecule has 0 spiro atoms. The molecule has 0 aliphatic carbocycles. The number of ether oxygens (including phenoxy) is 1. The third-order valence-electron chi connectivity index (χ3n) is 4.14. The van der Waals surface area contributed by atoms with Gasteiger partial charge < -0.3 is 9.64 Å². The number of aryl methyl sites for hydroxylation is 2. The second-order valence-corrected chi connectivity index (χ2v) is 5.56. The van der Waals surface area contributed by atoms with Gasteiger partial charge in [-0.1, -0.05) is 24.3 Å². The number of methoxy groups -OCH3 is 1. The van der Waals surface area contributed by atoms with Gasteiger partial charge in [0.05, 0.1) is 7.11 Å². The minimum absolute atomic E-state index is 0.141. The molecule has 108 valence electrons. The predicted octanol–water partition coefficient (Wildman–Crippen LogP) is 3.47. The third kappa shape index (κ3) is 2.40. The Hall–Kier alpha value is -2.29. The van der Waals surface area contributed by atoms with Crippen molar-refractivity contribution in [2.24, 2.45) is 0 Å². The van der Waals surface area contributed by atoms with Gasteiger partial charge in [-0.2, -0.15) is 0 Å². The highest BCUT2D eigenvalue weighted by atomic mass is 16.5. The Morgan fingerprint density at radius 2 is 1.71 bits per heavy atom. The molecule has 0 atom stereocenters. The Morgan fingerprint density at radius 3 is 2.33 bits per heavy atom. The highest BCUT2D eigenvalue weighted by Gasteiger charge is 2.29. The number of carbonyl (C=O) groups is 1. The first-order valence-corrected chi connectivity index (χ1v) is 7.11. The summed E-state index contributed by atoms with van der Waals surface area (Å²) in [5.41, 5.74) is 5.45. The maximum absolute atomic E-state index is 12.6. The van der Waals surface area contributed by atoms with Crippen LogP contribution in [0.3, 0.4) is 0 Å². The van der Waals surface area contributed by atoms with E-state index in [0.29, 0.717) is 13.1 Å². The van der Waals surface area contributed by atoms with Crippen LogP contribution in [0.1, 0.15) is 32.6 Å². The number of fused-ring (bicyclic) bond motifs is 1. The molecular formula is C18H19NO2. The van der Waals surface area contributed by atoms with E-state index in [-0.39, 0.29) is 5.91 Å². The molecule has 0 fully saturated rings. The molecule has 2 aromatic carbocycles. The van der Waals surface area contributed by atoms with E-state index in [1.165, 1.54) is 11.1 Å². The standard InChI is InChI=1S/C18H19NO2/c1-12-4-5-13(2)17-16(12)11-19(18(17)20)10-14-6-8-15(21-3)9-7-14/h4-9H,10-11H2,1-3H3. The summed E-state index contributed by atoms with van der Waals surface area (Å²) in [5.74, 6) is 0.975. The number of amides is 1. The van der Waals surface area contributed by atoms with E-state index in [2.05, 4.69) is 13.0 Å². The van der Waals surface area contributed by atoms with Crippen LogP contribution in [0.4, 0.5) is 0 Å². The van der Waals surface area contributed by atoms with Gasteiger partial charge in [-0.15, -0.1) is 0 Å². The van der Waals surface area contributed by atoms with E-state index in [1.807, 2.05) is 42.2 Å². The SMILES string of the molecule is COc1ccc(CN2Cc3c(C)ccc(C)c3C2=O)cc1. The number of rotatable bonds is 3. The van der Waals surface area contributed by atoms with Crippen LogP contribution in [-0.4, -0.2) is 17.9 Å². The molecule has 0 bridgehead atoms. The molecule has 1 aliphatic rings. The zero-order valence-corrected chi connectivity index (χ0v) is 12.6. The van der Waals surface area contributed by atoms with Gasteiger partial charge in [0.15, 0.2) is 0 Å². The van der Waals surface area contributed by atoms with Crippen LogP contribution in [0.2, 0.25) is 0 Å². The second-order valence-electron chi connectivity index (χ2n) is 5.56. The number of hydrogen-bond acceptors (Lipinski definition) is 2. The summed E-state index contributed by atoms with van der Waals surface area (Å²) in [6, 6.07) is 12.0. The second kappa shape index (κ2) is 5.24. The molecule has 0 radical (unpaired) electrons. The third-order valence-corrected chi connectivity index (χ3v) is 4.14. The van der Waals surface area contributed by atoms with Crippen LogP contribution in [0, 0.1) is 13.8 Å². The fourth-order valence-electron chi connectivity index (χ4n) is 2.87. The molecule has 3 nitrogen and oxygen atoms in total. The maximum Gasteiger partial charge on any atom is 0.255 e. The van der Waals surface area contributed by atoms with Gasteiger partial charge in [0.25, 0.3) is 5.91 Å². The Kier molecular flexibility index (Phi) is 3.42. The van der Waals surface area contributed by atoms with Crippen molar-refractivity contribution in [2.45, 2.75) is 26.9 Å². The van der Waals surface area contributed by atoms with E-state index in [0.717, 1.165) is 22.4 Å². The molecule has 0 saturated heterocycles. The number of hydrogen-bond donors (Lipinski definition) is 0. The van der Waals surface area contributed by atoms with Gasteiger partial charge in [-0.05, 0) is 48.2 Å². The molecular weight excluding hydrogens is 262 g/mol. The minimum Gasteiger partial charge on any atom is -0.497 e. The topological polar surface area (TPSA) is 29.5 Å². The lowest BCUT2D eigenvalue weighted by Crippen LogP contribution is -2.23. The lowest BCUT2D eigenvalue weighted by molar-refractivity contribution is 0.0766. The molecule has 0 aromatic heterocycles. The van der Waals surface area contributed by atoms with E-state index in [4.69, 9.17) is 4.74 Å². The lowest BCUT2D eigenvalue weighted by atomic mass is 10.00. The van der Waals surface area contributed by atoms with Crippen LogP contribution in [0.25, 0.3) is 0 Å². The summed E-state index contributed by atoms with van der Waals surface area (Å²) in [4.78, 5) is 14.5. The Morgan fingerprint density at radius 1 is 1.05 bits per heavy atom. The Bertz CT molecular complexity index is 689. The highest BCUT2D eigenvalue weighted by Crippen LogP contribution is 2.29. The minimum atomic E-state index is 0.141. The molecule has 0 N–H and O–H groups in total. The Labute approximate surface area is 125 Å². The van der Waals surface area contributed by atoms with E-state index in [1.54, 1.807) is 7.11 Å². The van der Waals surface area contributed by atoms with E-state index in [9.17, 15) is 4.79 Å². The van der Waals surface area contributed by atoms with Crippen molar-refractivity contribution in [3.63, 3.8) is 0 Å². The predicted molar refractivity (Wildman–Crippen MR) is 82.5 cm³/mol. The molecule has 1 amide bonds. The fourth-order valence-corrected chi connectivity index (χ4v) is 2.87. The summed E-state index contributed by atoms with van der Waals surface area (Å²) in [5, 5.41) is 0. The molecule has 3 rings (SSSR count). The lowest BCUT2D eigenvalue weighted by Gasteiger charge is -2.16. The summed E-state index contributed by atoms with van der Waals surface area (Å²) >= 11 is 0. The van der Waals surface area contributed by atoms with Gasteiger partial charge >= 0.3 is 0 Å². The van der Waals surface area contributed by atoms with Crippen LogP contribution in [-0.2, 0) is 13.1 Å². The first-order valence-electron chi connectivity index (χ1n) is 7.11. The largest absolute Gasteiger partial charge is 0.497 e. The smallest absolute Gasteiger partial charge is 0.255 e. The van der Waals surface area contributed by atoms with Gasteiger partial charge in [0.2, 0.25) is 0 Å². The van der Waals surface area contributed by atoms with Crippen LogP contribution >= 0.6 is 0 Å². The van der Waals surface area contributed by atoms with Crippen molar-refractivity contribution in [1.29, 1.82) is 0 Å². The quantitative estimate of drug-likeness (QED) is 0.862.